The van der Waals surface area contributed by atoms with Crippen molar-refractivity contribution in [2.45, 2.75) is 70.6 Å². The Hall–Kier alpha value is -3.10. The Balaban J connectivity index is 1.37. The molecule has 1 amide bonds. The number of rotatable bonds is 8. The van der Waals surface area contributed by atoms with Crippen LogP contribution in [-0.4, -0.2) is 56.0 Å². The molecule has 2 fully saturated rings. The average molecular weight is 471 g/mol. The van der Waals surface area contributed by atoms with Crippen LogP contribution in [0.15, 0.2) is 24.5 Å². The van der Waals surface area contributed by atoms with Crippen LogP contribution in [0.1, 0.15) is 57.6 Å². The molecule has 34 heavy (non-hydrogen) atoms. The molecule has 2 aromatic heterocycles. The smallest absolute Gasteiger partial charge is 0.410 e. The topological polar surface area (TPSA) is 107 Å². The van der Waals surface area contributed by atoms with E-state index < -0.39 is 5.97 Å². The molecule has 2 aromatic rings. The van der Waals surface area contributed by atoms with E-state index in [1.54, 1.807) is 29.0 Å². The first-order valence-corrected chi connectivity index (χ1v) is 12.1. The predicted octanol–water partition coefficient (Wildman–Crippen LogP) is 4.26. The van der Waals surface area contributed by atoms with Crippen LogP contribution in [0.2, 0.25) is 0 Å². The summed E-state index contributed by atoms with van der Waals surface area (Å²) in [6, 6.07) is 3.85. The third kappa shape index (κ3) is 5.34. The zero-order valence-corrected chi connectivity index (χ0v) is 20.1. The zero-order valence-electron chi connectivity index (χ0n) is 20.1. The number of carboxylic acid groups (broad SMARTS) is 1. The maximum Gasteiger partial charge on any atom is 0.410 e. The van der Waals surface area contributed by atoms with Gasteiger partial charge in [-0.05, 0) is 63.5 Å². The molecular weight excluding hydrogens is 436 g/mol. The van der Waals surface area contributed by atoms with Crippen LogP contribution >= 0.6 is 0 Å². The van der Waals surface area contributed by atoms with Gasteiger partial charge in [-0.2, -0.15) is 5.10 Å². The van der Waals surface area contributed by atoms with Gasteiger partial charge < -0.3 is 19.5 Å². The summed E-state index contributed by atoms with van der Waals surface area (Å²) in [5.41, 5.74) is 2.26. The van der Waals surface area contributed by atoms with Crippen molar-refractivity contribution in [3.05, 3.63) is 30.2 Å². The Labute approximate surface area is 200 Å². The molecule has 9 heteroatoms. The van der Waals surface area contributed by atoms with Gasteiger partial charge in [-0.25, -0.2) is 4.79 Å². The molecule has 2 aliphatic carbocycles. The molecule has 0 radical (unpaired) electrons. The van der Waals surface area contributed by atoms with E-state index in [4.69, 9.17) is 9.47 Å². The molecule has 9 nitrogen and oxygen atoms in total. The van der Waals surface area contributed by atoms with Crippen molar-refractivity contribution in [2.75, 3.05) is 7.05 Å². The third-order valence-corrected chi connectivity index (χ3v) is 7.42. The standard InChI is InChI=1S/C25H34N4O5/c1-16(17-6-4-7-17)28(2)25(32)33-15-23-21(14-27-29(23)3)22-11-10-20(13-26-22)34-19-9-5-8-18(12-19)24(30)31/h10-11,13-14,16-19H,4-9,12,15H2,1-3H3,(H,30,31)/t16?,18?,19-/m0/s1. The van der Waals surface area contributed by atoms with Gasteiger partial charge in [0.2, 0.25) is 0 Å². The Morgan fingerprint density at radius 2 is 1.97 bits per heavy atom. The number of pyridine rings is 1. The van der Waals surface area contributed by atoms with Gasteiger partial charge >= 0.3 is 12.1 Å². The fourth-order valence-electron chi connectivity index (χ4n) is 4.76. The van der Waals surface area contributed by atoms with Gasteiger partial charge in [0.15, 0.2) is 0 Å². The molecule has 1 N–H and O–H groups in total. The van der Waals surface area contributed by atoms with E-state index in [9.17, 15) is 14.7 Å². The van der Waals surface area contributed by atoms with Gasteiger partial charge in [-0.1, -0.05) is 6.42 Å². The van der Waals surface area contributed by atoms with Crippen LogP contribution in [0.4, 0.5) is 4.79 Å². The lowest BCUT2D eigenvalue weighted by molar-refractivity contribution is -0.143. The summed E-state index contributed by atoms with van der Waals surface area (Å²) in [4.78, 5) is 30.1. The molecule has 0 saturated heterocycles. The minimum absolute atomic E-state index is 0.102. The van der Waals surface area contributed by atoms with Gasteiger partial charge in [0, 0.05) is 25.7 Å². The number of aromatic nitrogens is 3. The highest BCUT2D eigenvalue weighted by Crippen LogP contribution is 2.32. The minimum Gasteiger partial charge on any atom is -0.489 e. The highest BCUT2D eigenvalue weighted by atomic mass is 16.6. The Morgan fingerprint density at radius 1 is 1.21 bits per heavy atom. The number of carbonyl (C=O) groups is 2. The SMILES string of the molecule is CC(C1CCC1)N(C)C(=O)OCc1c(-c2ccc(O[C@H]3CCCC(C(=O)O)C3)cn2)cnn1C. The monoisotopic (exact) mass is 470 g/mol. The van der Waals surface area contributed by atoms with Gasteiger partial charge in [0.25, 0.3) is 0 Å². The third-order valence-electron chi connectivity index (χ3n) is 7.42. The quantitative estimate of drug-likeness (QED) is 0.614. The second-order valence-electron chi connectivity index (χ2n) is 9.55. The lowest BCUT2D eigenvalue weighted by Gasteiger charge is -2.36. The molecule has 2 saturated carbocycles. The molecule has 0 aliphatic heterocycles. The van der Waals surface area contributed by atoms with Crippen molar-refractivity contribution in [2.24, 2.45) is 18.9 Å². The number of carboxylic acids is 1. The first kappa shape index (κ1) is 24.0. The number of amides is 1. The molecule has 0 aromatic carbocycles. The van der Waals surface area contributed by atoms with Crippen LogP contribution < -0.4 is 4.74 Å². The second kappa shape index (κ2) is 10.4. The molecule has 2 unspecified atom stereocenters. The molecule has 184 valence electrons. The lowest BCUT2D eigenvalue weighted by Crippen LogP contribution is -2.42. The number of aliphatic carboxylic acids is 1. The fraction of sp³-hybridized carbons (Fsp3) is 0.600. The molecule has 2 heterocycles. The number of hydrogen-bond acceptors (Lipinski definition) is 6. The highest BCUT2D eigenvalue weighted by molar-refractivity contribution is 5.70. The number of hydrogen-bond donors (Lipinski definition) is 1. The molecule has 2 aliphatic rings. The molecule has 0 spiro atoms. The fourth-order valence-corrected chi connectivity index (χ4v) is 4.76. The summed E-state index contributed by atoms with van der Waals surface area (Å²) in [5, 5.41) is 13.6. The number of carbonyl (C=O) groups excluding carboxylic acids is 1. The largest absolute Gasteiger partial charge is 0.489 e. The number of aryl methyl sites for hydroxylation is 1. The van der Waals surface area contributed by atoms with E-state index in [0.717, 1.165) is 36.9 Å². The van der Waals surface area contributed by atoms with Gasteiger partial charge in [-0.3, -0.25) is 14.5 Å². The highest BCUT2D eigenvalue weighted by Gasteiger charge is 2.30. The summed E-state index contributed by atoms with van der Waals surface area (Å²) in [5.74, 6) is 0.0688. The first-order chi connectivity index (χ1) is 16.3. The van der Waals surface area contributed by atoms with Crippen LogP contribution in [-0.2, 0) is 23.2 Å². The maximum atomic E-state index is 12.6. The lowest BCUT2D eigenvalue weighted by atomic mass is 9.80. The number of nitrogens with zero attached hydrogens (tertiary/aromatic N) is 4. The summed E-state index contributed by atoms with van der Waals surface area (Å²) < 4.78 is 13.3. The Bertz CT molecular complexity index is 1000. The first-order valence-electron chi connectivity index (χ1n) is 12.1. The van der Waals surface area contributed by atoms with Crippen molar-refractivity contribution >= 4 is 12.1 Å². The summed E-state index contributed by atoms with van der Waals surface area (Å²) >= 11 is 0. The average Bonchev–Trinajstić information content (AvgIpc) is 3.16. The van der Waals surface area contributed by atoms with Crippen molar-refractivity contribution in [3.63, 3.8) is 0 Å². The van der Waals surface area contributed by atoms with Crippen LogP contribution in [0.3, 0.4) is 0 Å². The Morgan fingerprint density at radius 3 is 2.62 bits per heavy atom. The van der Waals surface area contributed by atoms with E-state index in [1.165, 1.54) is 6.42 Å². The van der Waals surface area contributed by atoms with Gasteiger partial charge in [0.05, 0.1) is 35.8 Å². The van der Waals surface area contributed by atoms with Crippen molar-refractivity contribution in [3.8, 4) is 17.0 Å². The van der Waals surface area contributed by atoms with Crippen LogP contribution in [0.5, 0.6) is 5.75 Å². The van der Waals surface area contributed by atoms with E-state index in [-0.39, 0.29) is 30.8 Å². The normalized spacial score (nSPS) is 21.4. The van der Waals surface area contributed by atoms with Crippen LogP contribution in [0, 0.1) is 11.8 Å². The maximum absolute atomic E-state index is 12.6. The molecule has 4 rings (SSSR count). The minimum atomic E-state index is -0.754. The summed E-state index contributed by atoms with van der Waals surface area (Å²) in [6.07, 6.45) is 9.38. The molecule has 0 bridgehead atoms. The van der Waals surface area contributed by atoms with E-state index in [1.807, 2.05) is 19.2 Å². The van der Waals surface area contributed by atoms with Crippen LogP contribution in [0.25, 0.3) is 11.3 Å². The van der Waals surface area contributed by atoms with Gasteiger partial charge in [0.1, 0.15) is 12.4 Å². The van der Waals surface area contributed by atoms with E-state index in [2.05, 4.69) is 17.0 Å². The van der Waals surface area contributed by atoms with E-state index in [0.29, 0.717) is 30.2 Å². The summed E-state index contributed by atoms with van der Waals surface area (Å²) in [7, 11) is 3.60. The zero-order chi connectivity index (χ0) is 24.2. The van der Waals surface area contributed by atoms with Crippen molar-refractivity contribution in [1.29, 1.82) is 0 Å². The molecule has 3 atom stereocenters. The Kier molecular flexibility index (Phi) is 7.38. The number of ether oxygens (including phenoxy) is 2. The van der Waals surface area contributed by atoms with Crippen molar-refractivity contribution in [1.82, 2.24) is 19.7 Å². The summed E-state index contributed by atoms with van der Waals surface area (Å²) in [6.45, 7) is 2.17. The van der Waals surface area contributed by atoms with Crippen molar-refractivity contribution < 1.29 is 24.2 Å². The predicted molar refractivity (Wildman–Crippen MR) is 125 cm³/mol. The molecular formula is C25H34N4O5. The van der Waals surface area contributed by atoms with Gasteiger partial charge in [-0.15, -0.1) is 0 Å². The second-order valence-corrected chi connectivity index (χ2v) is 9.55. The van der Waals surface area contributed by atoms with E-state index >= 15 is 0 Å².